The first-order valence-electron chi connectivity index (χ1n) is 7.60. The predicted molar refractivity (Wildman–Crippen MR) is 93.7 cm³/mol. The van der Waals surface area contributed by atoms with Gasteiger partial charge in [0.25, 0.3) is 5.91 Å². The van der Waals surface area contributed by atoms with Crippen LogP contribution < -0.4 is 16.2 Å². The summed E-state index contributed by atoms with van der Waals surface area (Å²) in [7, 11) is 0. The number of rotatable bonds is 3. The Kier molecular flexibility index (Phi) is 5.38. The van der Waals surface area contributed by atoms with Gasteiger partial charge in [0.05, 0.1) is 5.69 Å². The van der Waals surface area contributed by atoms with E-state index in [0.29, 0.717) is 16.9 Å². The molecular weight excluding hydrogens is 325 g/mol. The van der Waals surface area contributed by atoms with Crippen LogP contribution in [0.25, 0.3) is 0 Å². The van der Waals surface area contributed by atoms with E-state index < -0.39 is 17.5 Å². The van der Waals surface area contributed by atoms with E-state index in [1.54, 1.807) is 45.0 Å². The number of nitrogens with two attached hydrogens (primary N) is 1. The largest absolute Gasteiger partial charge is 0.442 e. The number of carbonyl (C=O) groups is 2. The summed E-state index contributed by atoms with van der Waals surface area (Å²) in [5, 5.41) is 3.56. The van der Waals surface area contributed by atoms with Crippen molar-refractivity contribution in [3.05, 3.63) is 59.9 Å². The average molecular weight is 345 g/mol. The molecule has 2 amide bonds. The van der Waals surface area contributed by atoms with E-state index in [-0.39, 0.29) is 5.91 Å². The molecule has 2 aromatic rings. The van der Waals surface area contributed by atoms with Gasteiger partial charge in [-0.2, -0.15) is 0 Å². The van der Waals surface area contributed by atoms with E-state index in [1.807, 2.05) is 0 Å². The highest BCUT2D eigenvalue weighted by molar-refractivity contribution is 6.04. The number of amides is 2. The normalized spacial score (nSPS) is 10.9. The highest BCUT2D eigenvalue weighted by atomic mass is 19.1. The SMILES string of the molecule is CC(C)(C)OC(=O)N(N)c1ccc(NC(=O)c2ccc(F)cc2)cc1. The van der Waals surface area contributed by atoms with Crippen molar-refractivity contribution in [2.75, 3.05) is 10.3 Å². The van der Waals surface area contributed by atoms with E-state index in [1.165, 1.54) is 24.3 Å². The van der Waals surface area contributed by atoms with Crippen LogP contribution in [0.4, 0.5) is 20.6 Å². The molecule has 0 aliphatic rings. The molecule has 0 atom stereocenters. The van der Waals surface area contributed by atoms with Gasteiger partial charge in [0, 0.05) is 11.3 Å². The van der Waals surface area contributed by atoms with Crippen molar-refractivity contribution >= 4 is 23.4 Å². The Morgan fingerprint density at radius 1 is 1.04 bits per heavy atom. The number of carbonyl (C=O) groups excluding carboxylic acids is 2. The third-order valence-electron chi connectivity index (χ3n) is 3.10. The van der Waals surface area contributed by atoms with Crippen molar-refractivity contribution < 1.29 is 18.7 Å². The van der Waals surface area contributed by atoms with Gasteiger partial charge in [-0.3, -0.25) is 4.79 Å². The van der Waals surface area contributed by atoms with E-state index in [9.17, 15) is 14.0 Å². The summed E-state index contributed by atoms with van der Waals surface area (Å²) in [5.74, 6) is 4.96. The van der Waals surface area contributed by atoms with Gasteiger partial charge in [-0.25, -0.2) is 20.0 Å². The first kappa shape index (κ1) is 18.4. The van der Waals surface area contributed by atoms with E-state index in [0.717, 1.165) is 5.01 Å². The second-order valence-corrected chi connectivity index (χ2v) is 6.36. The lowest BCUT2D eigenvalue weighted by molar-refractivity contribution is 0.0580. The van der Waals surface area contributed by atoms with Crippen LogP contribution in [0.2, 0.25) is 0 Å². The highest BCUT2D eigenvalue weighted by Gasteiger charge is 2.21. The summed E-state index contributed by atoms with van der Waals surface area (Å²) < 4.78 is 18.1. The van der Waals surface area contributed by atoms with E-state index in [4.69, 9.17) is 10.6 Å². The molecule has 0 bridgehead atoms. The van der Waals surface area contributed by atoms with Crippen LogP contribution in [0.5, 0.6) is 0 Å². The summed E-state index contributed by atoms with van der Waals surface area (Å²) in [6.45, 7) is 5.23. The standard InChI is InChI=1S/C18H20FN3O3/c1-18(2,3)25-17(24)22(20)15-10-8-14(9-11-15)21-16(23)12-4-6-13(19)7-5-12/h4-11H,20H2,1-3H3,(H,21,23). The summed E-state index contributed by atoms with van der Waals surface area (Å²) in [5.41, 5.74) is 0.599. The molecule has 25 heavy (non-hydrogen) atoms. The molecular formula is C18H20FN3O3. The maximum atomic E-state index is 12.9. The Hall–Kier alpha value is -2.93. The van der Waals surface area contributed by atoms with E-state index >= 15 is 0 Å². The zero-order valence-electron chi connectivity index (χ0n) is 14.2. The van der Waals surface area contributed by atoms with Gasteiger partial charge in [0.1, 0.15) is 11.4 Å². The summed E-state index contributed by atoms with van der Waals surface area (Å²) >= 11 is 0. The lowest BCUT2D eigenvalue weighted by Crippen LogP contribution is -2.41. The van der Waals surface area contributed by atoms with Gasteiger partial charge < -0.3 is 10.1 Å². The van der Waals surface area contributed by atoms with Crippen molar-refractivity contribution in [3.63, 3.8) is 0 Å². The van der Waals surface area contributed by atoms with Crippen LogP contribution in [-0.2, 0) is 4.74 Å². The van der Waals surface area contributed by atoms with Crippen LogP contribution in [0.3, 0.4) is 0 Å². The third-order valence-corrected chi connectivity index (χ3v) is 3.10. The number of anilines is 2. The van der Waals surface area contributed by atoms with Crippen molar-refractivity contribution in [2.45, 2.75) is 26.4 Å². The van der Waals surface area contributed by atoms with Gasteiger partial charge in [-0.1, -0.05) is 0 Å². The van der Waals surface area contributed by atoms with Crippen molar-refractivity contribution in [2.24, 2.45) is 5.84 Å². The lowest BCUT2D eigenvalue weighted by atomic mass is 10.2. The number of nitrogens with zero attached hydrogens (tertiary/aromatic N) is 1. The minimum atomic E-state index is -0.685. The molecule has 0 aliphatic heterocycles. The number of ether oxygens (including phenoxy) is 1. The molecule has 7 heteroatoms. The first-order chi connectivity index (χ1) is 11.7. The highest BCUT2D eigenvalue weighted by Crippen LogP contribution is 2.19. The second kappa shape index (κ2) is 7.31. The van der Waals surface area contributed by atoms with Gasteiger partial charge in [-0.05, 0) is 69.3 Å². The number of nitrogens with one attached hydrogen (secondary N) is 1. The minimum Gasteiger partial charge on any atom is -0.442 e. The van der Waals surface area contributed by atoms with Gasteiger partial charge >= 0.3 is 6.09 Å². The van der Waals surface area contributed by atoms with Crippen LogP contribution in [0.15, 0.2) is 48.5 Å². The fourth-order valence-electron chi connectivity index (χ4n) is 1.93. The molecule has 0 saturated heterocycles. The quantitative estimate of drug-likeness (QED) is 0.505. The molecule has 0 aromatic heterocycles. The summed E-state index contributed by atoms with van der Waals surface area (Å²) in [6.07, 6.45) is -0.685. The lowest BCUT2D eigenvalue weighted by Gasteiger charge is -2.24. The van der Waals surface area contributed by atoms with Gasteiger partial charge in [-0.15, -0.1) is 0 Å². The van der Waals surface area contributed by atoms with E-state index in [2.05, 4.69) is 5.32 Å². The molecule has 0 spiro atoms. The Morgan fingerprint density at radius 2 is 1.60 bits per heavy atom. The Morgan fingerprint density at radius 3 is 2.12 bits per heavy atom. The van der Waals surface area contributed by atoms with Crippen LogP contribution in [0.1, 0.15) is 31.1 Å². The minimum absolute atomic E-state index is 0.333. The number of hydrogen-bond acceptors (Lipinski definition) is 4. The molecule has 132 valence electrons. The average Bonchev–Trinajstić information content (AvgIpc) is 2.54. The molecule has 3 N–H and O–H groups in total. The number of hydrogen-bond donors (Lipinski definition) is 2. The molecule has 0 unspecified atom stereocenters. The number of benzene rings is 2. The third kappa shape index (κ3) is 5.29. The Labute approximate surface area is 145 Å². The fourth-order valence-corrected chi connectivity index (χ4v) is 1.93. The molecule has 0 heterocycles. The predicted octanol–water partition coefficient (Wildman–Crippen LogP) is 3.69. The van der Waals surface area contributed by atoms with Gasteiger partial charge in [0.2, 0.25) is 0 Å². The van der Waals surface area contributed by atoms with Crippen molar-refractivity contribution in [3.8, 4) is 0 Å². The van der Waals surface area contributed by atoms with Crippen LogP contribution >= 0.6 is 0 Å². The van der Waals surface area contributed by atoms with Crippen LogP contribution in [-0.4, -0.2) is 17.6 Å². The molecule has 0 saturated carbocycles. The fraction of sp³-hybridized carbons (Fsp3) is 0.222. The molecule has 0 fully saturated rings. The second-order valence-electron chi connectivity index (χ2n) is 6.36. The maximum Gasteiger partial charge on any atom is 0.429 e. The van der Waals surface area contributed by atoms with Crippen molar-refractivity contribution in [1.82, 2.24) is 0 Å². The smallest absolute Gasteiger partial charge is 0.429 e. The van der Waals surface area contributed by atoms with Crippen molar-refractivity contribution in [1.29, 1.82) is 0 Å². The maximum absolute atomic E-state index is 12.9. The topological polar surface area (TPSA) is 84.7 Å². The molecule has 6 nitrogen and oxygen atoms in total. The Bertz CT molecular complexity index is 753. The summed E-state index contributed by atoms with van der Waals surface area (Å²) in [4.78, 5) is 24.0. The first-order valence-corrected chi connectivity index (χ1v) is 7.60. The zero-order chi connectivity index (χ0) is 18.6. The number of hydrazine groups is 1. The zero-order valence-corrected chi connectivity index (χ0v) is 14.2. The molecule has 2 aromatic carbocycles. The number of halogens is 1. The molecule has 0 radical (unpaired) electrons. The molecule has 2 rings (SSSR count). The van der Waals surface area contributed by atoms with Crippen LogP contribution in [0, 0.1) is 5.82 Å². The Balaban J connectivity index is 2.03. The molecule has 0 aliphatic carbocycles. The summed E-state index contributed by atoms with van der Waals surface area (Å²) in [6, 6.07) is 11.6. The van der Waals surface area contributed by atoms with Gasteiger partial charge in [0.15, 0.2) is 0 Å². The monoisotopic (exact) mass is 345 g/mol.